The number of hydrogen-bond donors (Lipinski definition) is 1. The molecule has 0 spiro atoms. The van der Waals surface area contributed by atoms with Crippen LogP contribution in [0, 0.1) is 0 Å². The average Bonchev–Trinajstić information content (AvgIpc) is 2.83. The number of anilines is 2. The van der Waals surface area contributed by atoms with Gasteiger partial charge in [0.2, 0.25) is 11.2 Å². The molecule has 8 nitrogen and oxygen atoms in total. The maximum Gasteiger partial charge on any atom is 0.322 e. The molecule has 2 heterocycles. The van der Waals surface area contributed by atoms with Gasteiger partial charge in [-0.1, -0.05) is 0 Å². The SMILES string of the molecule is COCCn1cc(Nc2nc(Cl)nc(OC)n2)cn1. The summed E-state index contributed by atoms with van der Waals surface area (Å²) in [6, 6.07) is 0.147. The molecule has 2 aromatic heterocycles. The van der Waals surface area contributed by atoms with E-state index in [2.05, 4.69) is 25.4 Å². The molecule has 0 aliphatic rings. The van der Waals surface area contributed by atoms with Crippen molar-refractivity contribution in [3.8, 4) is 6.01 Å². The molecule has 0 fully saturated rings. The molecule has 0 atom stereocenters. The molecule has 0 radical (unpaired) electrons. The summed E-state index contributed by atoms with van der Waals surface area (Å²) in [7, 11) is 3.10. The summed E-state index contributed by atoms with van der Waals surface area (Å²) >= 11 is 5.75. The normalized spacial score (nSPS) is 10.5. The Morgan fingerprint density at radius 2 is 2.16 bits per heavy atom. The molecule has 0 aromatic carbocycles. The van der Waals surface area contributed by atoms with Gasteiger partial charge in [0, 0.05) is 13.3 Å². The lowest BCUT2D eigenvalue weighted by Gasteiger charge is -2.03. The van der Waals surface area contributed by atoms with Crippen LogP contribution in [0.1, 0.15) is 0 Å². The second-order valence-electron chi connectivity index (χ2n) is 3.52. The van der Waals surface area contributed by atoms with E-state index in [4.69, 9.17) is 21.1 Å². The molecular weight excluding hydrogens is 272 g/mol. The van der Waals surface area contributed by atoms with E-state index in [1.54, 1.807) is 18.0 Å². The Kier molecular flexibility index (Phi) is 4.48. The second-order valence-corrected chi connectivity index (χ2v) is 3.86. The van der Waals surface area contributed by atoms with Crippen LogP contribution in [0.3, 0.4) is 0 Å². The van der Waals surface area contributed by atoms with E-state index < -0.39 is 0 Å². The standard InChI is InChI=1S/C10H13ClN6O2/c1-18-4-3-17-6-7(5-12-17)13-9-14-8(11)15-10(16-9)19-2/h5-6H,3-4H2,1-2H3,(H,13,14,15,16). The fraction of sp³-hybridized carbons (Fsp3) is 0.400. The first-order valence-electron chi connectivity index (χ1n) is 5.45. The highest BCUT2D eigenvalue weighted by atomic mass is 35.5. The molecule has 0 aliphatic heterocycles. The van der Waals surface area contributed by atoms with Gasteiger partial charge in [-0.2, -0.15) is 20.1 Å². The van der Waals surface area contributed by atoms with Gasteiger partial charge in [0.25, 0.3) is 0 Å². The Balaban J connectivity index is 2.08. The summed E-state index contributed by atoms with van der Waals surface area (Å²) in [5.74, 6) is 0.295. The summed E-state index contributed by atoms with van der Waals surface area (Å²) in [6.07, 6.45) is 3.46. The van der Waals surface area contributed by atoms with Crippen LogP contribution in [-0.4, -0.2) is 45.6 Å². The van der Waals surface area contributed by atoms with Crippen molar-refractivity contribution in [1.29, 1.82) is 0 Å². The van der Waals surface area contributed by atoms with Crippen LogP contribution in [0.25, 0.3) is 0 Å². The summed E-state index contributed by atoms with van der Waals surface area (Å²) < 4.78 is 11.6. The number of nitrogens with zero attached hydrogens (tertiary/aromatic N) is 5. The van der Waals surface area contributed by atoms with E-state index in [0.29, 0.717) is 19.1 Å². The van der Waals surface area contributed by atoms with Crippen molar-refractivity contribution in [2.24, 2.45) is 0 Å². The Labute approximate surface area is 114 Å². The Hall–Kier alpha value is -1.93. The van der Waals surface area contributed by atoms with Crippen molar-refractivity contribution in [2.45, 2.75) is 6.54 Å². The zero-order valence-corrected chi connectivity index (χ0v) is 11.3. The molecule has 0 bridgehead atoms. The number of halogens is 1. The maximum absolute atomic E-state index is 5.75. The molecule has 1 N–H and O–H groups in total. The lowest BCUT2D eigenvalue weighted by molar-refractivity contribution is 0.183. The number of methoxy groups -OCH3 is 2. The molecule has 2 aromatic rings. The number of rotatable bonds is 6. The molecular formula is C10H13ClN6O2. The lowest BCUT2D eigenvalue weighted by Crippen LogP contribution is -2.04. The first-order valence-corrected chi connectivity index (χ1v) is 5.83. The molecule has 102 valence electrons. The Morgan fingerprint density at radius 1 is 1.32 bits per heavy atom. The summed E-state index contributed by atoms with van der Waals surface area (Å²) in [5, 5.41) is 7.18. The minimum absolute atomic E-state index is 0.0566. The van der Waals surface area contributed by atoms with Gasteiger partial charge in [-0.25, -0.2) is 0 Å². The highest BCUT2D eigenvalue weighted by Crippen LogP contribution is 2.15. The molecule has 0 unspecified atom stereocenters. The highest BCUT2D eigenvalue weighted by molar-refractivity contribution is 6.28. The number of aromatic nitrogens is 5. The highest BCUT2D eigenvalue weighted by Gasteiger charge is 2.06. The van der Waals surface area contributed by atoms with E-state index >= 15 is 0 Å². The fourth-order valence-corrected chi connectivity index (χ4v) is 1.50. The molecule has 0 saturated carbocycles. The number of hydrogen-bond acceptors (Lipinski definition) is 7. The van der Waals surface area contributed by atoms with Crippen molar-refractivity contribution in [2.75, 3.05) is 26.1 Å². The van der Waals surface area contributed by atoms with Crippen LogP contribution < -0.4 is 10.1 Å². The second kappa shape index (κ2) is 6.30. The number of ether oxygens (including phenoxy) is 2. The van der Waals surface area contributed by atoms with Crippen LogP contribution in [0.15, 0.2) is 12.4 Å². The van der Waals surface area contributed by atoms with E-state index in [0.717, 1.165) is 5.69 Å². The van der Waals surface area contributed by atoms with Crippen molar-refractivity contribution in [1.82, 2.24) is 24.7 Å². The third kappa shape index (κ3) is 3.76. The van der Waals surface area contributed by atoms with Gasteiger partial charge in [0.15, 0.2) is 0 Å². The Morgan fingerprint density at radius 3 is 2.89 bits per heavy atom. The Bertz CT molecular complexity index is 547. The minimum Gasteiger partial charge on any atom is -0.467 e. The monoisotopic (exact) mass is 284 g/mol. The van der Waals surface area contributed by atoms with Crippen LogP contribution in [-0.2, 0) is 11.3 Å². The smallest absolute Gasteiger partial charge is 0.322 e. The summed E-state index contributed by atoms with van der Waals surface area (Å²) in [6.45, 7) is 1.26. The number of nitrogens with one attached hydrogen (secondary N) is 1. The quantitative estimate of drug-likeness (QED) is 0.850. The van der Waals surface area contributed by atoms with Crippen LogP contribution in [0.2, 0.25) is 5.28 Å². The molecule has 0 saturated heterocycles. The molecule has 0 amide bonds. The van der Waals surface area contributed by atoms with Gasteiger partial charge >= 0.3 is 6.01 Å². The molecule has 2 rings (SSSR count). The predicted molar refractivity (Wildman–Crippen MR) is 68.8 cm³/mol. The van der Waals surface area contributed by atoms with Gasteiger partial charge in [-0.05, 0) is 11.6 Å². The van der Waals surface area contributed by atoms with E-state index in [-0.39, 0.29) is 11.3 Å². The molecule has 9 heteroatoms. The molecule has 19 heavy (non-hydrogen) atoms. The largest absolute Gasteiger partial charge is 0.467 e. The van der Waals surface area contributed by atoms with Gasteiger partial charge in [0.05, 0.1) is 32.1 Å². The van der Waals surface area contributed by atoms with Crippen molar-refractivity contribution >= 4 is 23.2 Å². The van der Waals surface area contributed by atoms with Gasteiger partial charge in [-0.3, -0.25) is 4.68 Å². The van der Waals surface area contributed by atoms with Crippen molar-refractivity contribution in [3.05, 3.63) is 17.7 Å². The van der Waals surface area contributed by atoms with Crippen molar-refractivity contribution < 1.29 is 9.47 Å². The topological polar surface area (TPSA) is 87.0 Å². The predicted octanol–water partition coefficient (Wildman–Crippen LogP) is 1.12. The maximum atomic E-state index is 5.75. The zero-order valence-electron chi connectivity index (χ0n) is 10.5. The van der Waals surface area contributed by atoms with E-state index in [9.17, 15) is 0 Å². The van der Waals surface area contributed by atoms with Crippen LogP contribution in [0.5, 0.6) is 6.01 Å². The first kappa shape index (κ1) is 13.5. The van der Waals surface area contributed by atoms with Crippen LogP contribution >= 0.6 is 11.6 Å². The zero-order chi connectivity index (χ0) is 13.7. The van der Waals surface area contributed by atoms with E-state index in [1.165, 1.54) is 7.11 Å². The first-order chi connectivity index (χ1) is 9.21. The van der Waals surface area contributed by atoms with Gasteiger partial charge in [-0.15, -0.1) is 0 Å². The lowest BCUT2D eigenvalue weighted by atomic mass is 10.5. The summed E-state index contributed by atoms with van der Waals surface area (Å²) in [4.78, 5) is 11.7. The fourth-order valence-electron chi connectivity index (χ4n) is 1.34. The van der Waals surface area contributed by atoms with E-state index in [1.807, 2.05) is 6.20 Å². The molecule has 0 aliphatic carbocycles. The average molecular weight is 285 g/mol. The van der Waals surface area contributed by atoms with Gasteiger partial charge in [0.1, 0.15) is 0 Å². The third-order valence-electron chi connectivity index (χ3n) is 2.18. The van der Waals surface area contributed by atoms with Crippen LogP contribution in [0.4, 0.5) is 11.6 Å². The van der Waals surface area contributed by atoms with Crippen molar-refractivity contribution in [3.63, 3.8) is 0 Å². The van der Waals surface area contributed by atoms with Gasteiger partial charge < -0.3 is 14.8 Å². The third-order valence-corrected chi connectivity index (χ3v) is 2.35. The summed E-state index contributed by atoms with van der Waals surface area (Å²) in [5.41, 5.74) is 0.737. The minimum atomic E-state index is 0.0566.